The highest BCUT2D eigenvalue weighted by molar-refractivity contribution is 7.87. The fourth-order valence-corrected chi connectivity index (χ4v) is 8.36. The standard InChI is InChI=1S/C38H57N9O6S/c39-18-4-5-19-40-37(50)33-26-28-8-12-30(13-9-28)41-35(48)16-20-46-22-24-47(25-23-46)21-17-36(49)42-31-14-10-29(11-15-31)27-34(38(51)43-33)45-54(52,53)44-32-6-2-1-3-7-32/h8-15,32-34,44-45H,1-7,16-27,39H2,(H,40,50)(H,41,48)(H,42,49)(H,43,51)/t33-,34+/m0/s1. The first-order valence-corrected chi connectivity index (χ1v) is 20.8. The van der Waals surface area contributed by atoms with Gasteiger partial charge in [0.2, 0.25) is 23.6 Å². The van der Waals surface area contributed by atoms with Gasteiger partial charge in [-0.2, -0.15) is 17.9 Å². The summed E-state index contributed by atoms with van der Waals surface area (Å²) in [6.45, 7) is 5.36. The molecule has 4 amide bonds. The zero-order valence-corrected chi connectivity index (χ0v) is 31.9. The molecule has 6 aliphatic rings. The van der Waals surface area contributed by atoms with Crippen LogP contribution in [0.5, 0.6) is 0 Å². The van der Waals surface area contributed by atoms with E-state index in [4.69, 9.17) is 5.73 Å². The molecule has 0 unspecified atom stereocenters. The van der Waals surface area contributed by atoms with Gasteiger partial charge in [0.15, 0.2) is 0 Å². The lowest BCUT2D eigenvalue weighted by Gasteiger charge is -2.34. The predicted octanol–water partition coefficient (Wildman–Crippen LogP) is 1.23. The largest absolute Gasteiger partial charge is 0.354 e. The normalized spacial score (nSPS) is 24.1. The Morgan fingerprint density at radius 2 is 1.26 bits per heavy atom. The van der Waals surface area contributed by atoms with Gasteiger partial charge in [0, 0.05) is 82.5 Å². The molecule has 1 saturated heterocycles. The third-order valence-corrected chi connectivity index (χ3v) is 11.5. The Balaban J connectivity index is 1.38. The van der Waals surface area contributed by atoms with Crippen molar-refractivity contribution in [2.45, 2.75) is 88.8 Å². The van der Waals surface area contributed by atoms with Crippen molar-refractivity contribution in [1.82, 2.24) is 29.9 Å². The number of hydrogen-bond donors (Lipinski definition) is 7. The molecule has 0 aromatic heterocycles. The van der Waals surface area contributed by atoms with Crippen molar-refractivity contribution in [3.8, 4) is 0 Å². The lowest BCUT2D eigenvalue weighted by molar-refractivity contribution is -0.129. The lowest BCUT2D eigenvalue weighted by atomic mass is 9.96. The number of carbonyl (C=O) groups excluding carboxylic acids is 4. The van der Waals surface area contributed by atoms with E-state index in [0.29, 0.717) is 62.4 Å². The van der Waals surface area contributed by atoms with Gasteiger partial charge in [-0.3, -0.25) is 19.2 Å². The molecule has 0 radical (unpaired) electrons. The predicted molar refractivity (Wildman–Crippen MR) is 209 cm³/mol. The Morgan fingerprint density at radius 3 is 1.80 bits per heavy atom. The second-order valence-electron chi connectivity index (χ2n) is 14.6. The van der Waals surface area contributed by atoms with E-state index in [-0.39, 0.29) is 30.7 Å². The maximum Gasteiger partial charge on any atom is 0.277 e. The van der Waals surface area contributed by atoms with Crippen LogP contribution in [-0.2, 0) is 42.2 Å². The number of unbranched alkanes of at least 4 members (excludes halogenated alkanes) is 1. The summed E-state index contributed by atoms with van der Waals surface area (Å²) < 4.78 is 32.1. The summed E-state index contributed by atoms with van der Waals surface area (Å²) in [5.74, 6) is -1.30. The van der Waals surface area contributed by atoms with Gasteiger partial charge < -0.3 is 36.8 Å². The molecule has 54 heavy (non-hydrogen) atoms. The molecule has 2 aromatic carbocycles. The van der Waals surface area contributed by atoms with Crippen LogP contribution in [0.15, 0.2) is 48.5 Å². The molecule has 0 spiro atoms. The van der Waals surface area contributed by atoms with E-state index in [9.17, 15) is 27.6 Å². The average molecular weight is 768 g/mol. The molecule has 5 heterocycles. The van der Waals surface area contributed by atoms with E-state index in [1.807, 2.05) is 0 Å². The van der Waals surface area contributed by atoms with E-state index in [1.165, 1.54) is 0 Å². The van der Waals surface area contributed by atoms with Gasteiger partial charge in [-0.05, 0) is 74.0 Å². The van der Waals surface area contributed by atoms with Crippen LogP contribution >= 0.6 is 0 Å². The van der Waals surface area contributed by atoms with Crippen molar-refractivity contribution in [2.75, 3.05) is 63.0 Å². The number of amides is 4. The topological polar surface area (TPSA) is 207 Å². The molecule has 2 aromatic rings. The van der Waals surface area contributed by atoms with E-state index in [1.54, 1.807) is 48.5 Å². The van der Waals surface area contributed by atoms with Crippen LogP contribution in [-0.4, -0.2) is 112 Å². The molecule has 8 rings (SSSR count). The number of fused-ring (bicyclic) bond motifs is 3. The first-order valence-electron chi connectivity index (χ1n) is 19.4. The van der Waals surface area contributed by atoms with Gasteiger partial charge in [-0.1, -0.05) is 43.5 Å². The average Bonchev–Trinajstić information content (AvgIpc) is 3.16. The molecule has 5 aliphatic heterocycles. The lowest BCUT2D eigenvalue weighted by Crippen LogP contribution is -2.57. The summed E-state index contributed by atoms with van der Waals surface area (Å²) in [7, 11) is -4.11. The summed E-state index contributed by atoms with van der Waals surface area (Å²) >= 11 is 0. The van der Waals surface area contributed by atoms with Crippen LogP contribution in [0.2, 0.25) is 0 Å². The van der Waals surface area contributed by atoms with Gasteiger partial charge in [-0.15, -0.1) is 0 Å². The summed E-state index contributed by atoms with van der Waals surface area (Å²) in [6.07, 6.45) is 6.51. The zero-order chi connectivity index (χ0) is 38.3. The highest BCUT2D eigenvalue weighted by Crippen LogP contribution is 2.19. The molecule has 296 valence electrons. The van der Waals surface area contributed by atoms with Crippen LogP contribution in [0, 0.1) is 0 Å². The highest BCUT2D eigenvalue weighted by atomic mass is 32.2. The number of anilines is 2. The zero-order valence-electron chi connectivity index (χ0n) is 31.1. The Bertz CT molecular complexity index is 1640. The Kier molecular flexibility index (Phi) is 15.8. The molecular formula is C38H57N9O6S. The highest BCUT2D eigenvalue weighted by Gasteiger charge is 2.31. The number of rotatable bonds is 9. The quantitative estimate of drug-likeness (QED) is 0.183. The summed E-state index contributed by atoms with van der Waals surface area (Å²) in [5, 5.41) is 11.6. The number of nitrogens with one attached hydrogen (secondary N) is 6. The fourth-order valence-electron chi connectivity index (χ4n) is 7.06. The van der Waals surface area contributed by atoms with Crippen molar-refractivity contribution >= 4 is 45.2 Å². The number of piperazine rings is 1. The Hall–Kier alpha value is -3.93. The van der Waals surface area contributed by atoms with Gasteiger partial charge >= 0.3 is 0 Å². The minimum Gasteiger partial charge on any atom is -0.354 e. The van der Waals surface area contributed by atoms with Crippen LogP contribution in [0.4, 0.5) is 11.4 Å². The second-order valence-corrected chi connectivity index (χ2v) is 16.0. The van der Waals surface area contributed by atoms with Crippen molar-refractivity contribution in [3.63, 3.8) is 0 Å². The number of nitrogens with two attached hydrogens (primary N) is 1. The SMILES string of the molecule is NCCCCNC(=O)[C@@H]1Cc2ccc(cc2)NC(=O)CCN2CCN(CCC(=O)Nc3ccc(cc3)C[C@@H](NS(=O)(=O)NC3CCCCC3)C(=O)N1)CC2. The molecule has 2 fully saturated rings. The third-order valence-electron chi connectivity index (χ3n) is 10.2. The Morgan fingerprint density at radius 1 is 0.722 bits per heavy atom. The minimum absolute atomic E-state index is 0.00313. The molecule has 1 aliphatic carbocycles. The maximum atomic E-state index is 14.1. The molecule has 15 nitrogen and oxygen atoms in total. The number of benzene rings is 2. The first kappa shape index (κ1) is 41.2. The second kappa shape index (κ2) is 20.7. The van der Waals surface area contributed by atoms with Gasteiger partial charge in [0.25, 0.3) is 10.2 Å². The van der Waals surface area contributed by atoms with Crippen LogP contribution in [0.3, 0.4) is 0 Å². The first-order chi connectivity index (χ1) is 26.0. The number of nitrogens with zero attached hydrogens (tertiary/aromatic N) is 2. The molecule has 16 heteroatoms. The van der Waals surface area contributed by atoms with Crippen LogP contribution in [0.1, 0.15) is 68.9 Å². The molecule has 2 atom stereocenters. The third kappa shape index (κ3) is 13.7. The van der Waals surface area contributed by atoms with Crippen molar-refractivity contribution in [3.05, 3.63) is 59.7 Å². The van der Waals surface area contributed by atoms with E-state index >= 15 is 0 Å². The van der Waals surface area contributed by atoms with Crippen LogP contribution < -0.4 is 36.4 Å². The Labute approximate surface area is 319 Å². The minimum atomic E-state index is -4.11. The fraction of sp³-hybridized carbons (Fsp3) is 0.579. The van der Waals surface area contributed by atoms with Crippen LogP contribution in [0.25, 0.3) is 0 Å². The maximum absolute atomic E-state index is 14.1. The smallest absolute Gasteiger partial charge is 0.277 e. The van der Waals surface area contributed by atoms with Gasteiger partial charge in [0.05, 0.1) is 0 Å². The number of carbonyl (C=O) groups is 4. The molecule has 8 N–H and O–H groups in total. The molecular weight excluding hydrogens is 711 g/mol. The summed E-state index contributed by atoms with van der Waals surface area (Å²) in [6, 6.07) is 11.6. The molecule has 1 saturated carbocycles. The van der Waals surface area contributed by atoms with E-state index in [2.05, 4.69) is 40.5 Å². The van der Waals surface area contributed by atoms with Crippen molar-refractivity contribution < 1.29 is 27.6 Å². The van der Waals surface area contributed by atoms with Gasteiger partial charge in [-0.25, -0.2) is 0 Å². The summed E-state index contributed by atoms with van der Waals surface area (Å²) in [4.78, 5) is 57.7. The molecule has 6 bridgehead atoms. The van der Waals surface area contributed by atoms with E-state index < -0.39 is 34.1 Å². The number of hydrogen-bond acceptors (Lipinski definition) is 9. The van der Waals surface area contributed by atoms with Crippen molar-refractivity contribution in [2.24, 2.45) is 5.73 Å². The van der Waals surface area contributed by atoms with E-state index in [0.717, 1.165) is 70.3 Å². The summed E-state index contributed by atoms with van der Waals surface area (Å²) in [5.41, 5.74) is 8.24. The van der Waals surface area contributed by atoms with Crippen molar-refractivity contribution in [1.29, 1.82) is 0 Å². The monoisotopic (exact) mass is 767 g/mol. The van der Waals surface area contributed by atoms with Gasteiger partial charge in [0.1, 0.15) is 12.1 Å².